The van der Waals surface area contributed by atoms with Crippen molar-refractivity contribution in [3.8, 4) is 17.1 Å². The molecule has 5 aromatic rings. The molecule has 0 bridgehead atoms. The molecule has 33 heavy (non-hydrogen) atoms. The third-order valence-electron chi connectivity index (χ3n) is 5.55. The minimum atomic E-state index is -0.277. The Bertz CT molecular complexity index is 1500. The summed E-state index contributed by atoms with van der Waals surface area (Å²) in [7, 11) is 3.42. The highest BCUT2D eigenvalue weighted by Gasteiger charge is 2.25. The summed E-state index contributed by atoms with van der Waals surface area (Å²) in [6.07, 6.45) is 5.20. The van der Waals surface area contributed by atoms with E-state index in [0.29, 0.717) is 45.2 Å². The van der Waals surface area contributed by atoms with Gasteiger partial charge in [0.1, 0.15) is 22.7 Å². The van der Waals surface area contributed by atoms with Crippen molar-refractivity contribution in [2.45, 2.75) is 19.9 Å². The number of pyridine rings is 1. The maximum atomic E-state index is 13.3. The van der Waals surface area contributed by atoms with E-state index in [-0.39, 0.29) is 17.5 Å². The summed E-state index contributed by atoms with van der Waals surface area (Å²) in [4.78, 5) is 33.1. The summed E-state index contributed by atoms with van der Waals surface area (Å²) in [6, 6.07) is 7.07. The van der Waals surface area contributed by atoms with Crippen molar-refractivity contribution >= 4 is 27.8 Å². The van der Waals surface area contributed by atoms with Crippen LogP contribution >= 0.6 is 0 Å². The lowest BCUT2D eigenvalue weighted by atomic mass is 10.0. The molecule has 168 valence electrons. The van der Waals surface area contributed by atoms with Crippen molar-refractivity contribution in [3.05, 3.63) is 59.0 Å². The van der Waals surface area contributed by atoms with Crippen LogP contribution in [-0.4, -0.2) is 41.8 Å². The number of aryl methyl sites for hydroxylation is 1. The van der Waals surface area contributed by atoms with Crippen LogP contribution in [0.15, 0.2) is 47.7 Å². The maximum Gasteiger partial charge on any atom is 0.261 e. The molecule has 3 N–H and O–H groups in total. The summed E-state index contributed by atoms with van der Waals surface area (Å²) >= 11 is 0. The van der Waals surface area contributed by atoms with E-state index in [9.17, 15) is 4.79 Å². The van der Waals surface area contributed by atoms with Crippen LogP contribution < -0.4 is 15.6 Å². The van der Waals surface area contributed by atoms with Crippen molar-refractivity contribution in [2.75, 3.05) is 12.4 Å². The van der Waals surface area contributed by atoms with Crippen molar-refractivity contribution in [1.82, 2.24) is 34.7 Å². The lowest BCUT2D eigenvalue weighted by molar-refractivity contribution is 0.415. The molecule has 0 fully saturated rings. The Morgan fingerprint density at radius 2 is 1.91 bits per heavy atom. The van der Waals surface area contributed by atoms with Crippen molar-refractivity contribution in [3.63, 3.8) is 0 Å². The molecule has 1 aromatic carbocycles. The number of fused-ring (bicyclic) bond motifs is 2. The largest absolute Gasteiger partial charge is 0.497 e. The first-order chi connectivity index (χ1) is 15.9. The van der Waals surface area contributed by atoms with Gasteiger partial charge in [-0.3, -0.25) is 9.48 Å². The highest BCUT2D eigenvalue weighted by atomic mass is 16.5. The minimum absolute atomic E-state index is 0.137. The van der Waals surface area contributed by atoms with E-state index >= 15 is 0 Å². The Hall–Kier alpha value is -4.21. The van der Waals surface area contributed by atoms with Gasteiger partial charge in [0.25, 0.3) is 5.56 Å². The fraction of sp³-hybridized carbons (Fsp3) is 0.261. The van der Waals surface area contributed by atoms with Gasteiger partial charge in [-0.1, -0.05) is 13.8 Å². The topological polar surface area (TPSA) is 126 Å². The number of hydrogen-bond acceptors (Lipinski definition) is 7. The zero-order valence-corrected chi connectivity index (χ0v) is 18.7. The number of nitrogens with zero attached hydrogens (tertiary/aromatic N) is 5. The first kappa shape index (κ1) is 20.7. The van der Waals surface area contributed by atoms with Gasteiger partial charge in [-0.25, -0.2) is 15.0 Å². The molecule has 0 aliphatic carbocycles. The standard InChI is InChI=1S/C23H24N8O2/c1-12(2)18(22-24-8-5-9-25-22)29-20-17(23(32)28-16-11-31(3)30-19(16)20)21-26-14-7-6-13(33-4)10-15(14)27-21/h5-12,18,29H,1-4H3,(H,26,27)(H,28,32). The normalized spacial score (nSPS) is 12.5. The van der Waals surface area contributed by atoms with Gasteiger partial charge >= 0.3 is 0 Å². The number of rotatable bonds is 6. The first-order valence-corrected chi connectivity index (χ1v) is 10.6. The van der Waals surface area contributed by atoms with E-state index in [1.165, 1.54) is 0 Å². The van der Waals surface area contributed by atoms with Gasteiger partial charge in [0.2, 0.25) is 0 Å². The van der Waals surface area contributed by atoms with Gasteiger partial charge in [0, 0.05) is 31.7 Å². The smallest absolute Gasteiger partial charge is 0.261 e. The molecular weight excluding hydrogens is 420 g/mol. The maximum absolute atomic E-state index is 13.3. The van der Waals surface area contributed by atoms with Crippen LogP contribution in [0.5, 0.6) is 5.75 Å². The van der Waals surface area contributed by atoms with E-state index < -0.39 is 0 Å². The molecule has 0 spiro atoms. The van der Waals surface area contributed by atoms with Crippen molar-refractivity contribution in [1.29, 1.82) is 0 Å². The van der Waals surface area contributed by atoms with E-state index in [0.717, 1.165) is 5.52 Å². The van der Waals surface area contributed by atoms with Crippen LogP contribution in [0.1, 0.15) is 25.7 Å². The minimum Gasteiger partial charge on any atom is -0.497 e. The monoisotopic (exact) mass is 444 g/mol. The molecule has 0 saturated carbocycles. The molecule has 5 rings (SSSR count). The summed E-state index contributed by atoms with van der Waals surface area (Å²) < 4.78 is 6.98. The van der Waals surface area contributed by atoms with Gasteiger partial charge in [-0.05, 0) is 24.1 Å². The lowest BCUT2D eigenvalue weighted by Gasteiger charge is -2.23. The Balaban J connectivity index is 1.73. The molecule has 0 aliphatic rings. The lowest BCUT2D eigenvalue weighted by Crippen LogP contribution is -2.22. The predicted octanol–water partition coefficient (Wildman–Crippen LogP) is 3.41. The molecular formula is C23H24N8O2. The average molecular weight is 444 g/mol. The molecule has 0 radical (unpaired) electrons. The van der Waals surface area contributed by atoms with Crippen molar-refractivity contribution in [2.24, 2.45) is 13.0 Å². The highest BCUT2D eigenvalue weighted by Crippen LogP contribution is 2.34. The zero-order chi connectivity index (χ0) is 23.1. The average Bonchev–Trinajstić information content (AvgIpc) is 3.38. The number of aromatic nitrogens is 7. The fourth-order valence-electron chi connectivity index (χ4n) is 3.93. The van der Waals surface area contributed by atoms with Gasteiger partial charge in [-0.2, -0.15) is 5.10 Å². The fourth-order valence-corrected chi connectivity index (χ4v) is 3.93. The van der Waals surface area contributed by atoms with E-state index in [2.05, 4.69) is 44.2 Å². The molecule has 1 unspecified atom stereocenters. The van der Waals surface area contributed by atoms with Gasteiger partial charge < -0.3 is 20.0 Å². The highest BCUT2D eigenvalue weighted by molar-refractivity contribution is 5.96. The van der Waals surface area contributed by atoms with Crippen LogP contribution in [0.2, 0.25) is 0 Å². The number of anilines is 1. The molecule has 1 atom stereocenters. The Morgan fingerprint density at radius 3 is 2.64 bits per heavy atom. The molecule has 0 aliphatic heterocycles. The summed E-state index contributed by atoms with van der Waals surface area (Å²) in [6.45, 7) is 4.15. The molecule has 10 heteroatoms. The number of methoxy groups -OCH3 is 1. The Kier molecular flexibility index (Phi) is 5.04. The van der Waals surface area contributed by atoms with Gasteiger partial charge in [0.15, 0.2) is 5.82 Å². The third-order valence-corrected chi connectivity index (χ3v) is 5.55. The Labute approximate surface area is 189 Å². The summed E-state index contributed by atoms with van der Waals surface area (Å²) in [5.41, 5.74) is 3.42. The van der Waals surface area contributed by atoms with Crippen LogP contribution in [0.25, 0.3) is 33.5 Å². The van der Waals surface area contributed by atoms with Gasteiger partial charge in [-0.15, -0.1) is 0 Å². The zero-order valence-electron chi connectivity index (χ0n) is 18.7. The SMILES string of the molecule is COc1ccc2[nH]c(-c3c(NC(c4ncccn4)C(C)C)c4nn(C)cc4[nH]c3=O)nc2c1. The van der Waals surface area contributed by atoms with Crippen LogP contribution in [0.4, 0.5) is 5.69 Å². The van der Waals surface area contributed by atoms with Crippen LogP contribution in [0, 0.1) is 5.92 Å². The third kappa shape index (κ3) is 3.69. The second-order valence-corrected chi connectivity index (χ2v) is 8.21. The van der Waals surface area contributed by atoms with E-state index in [4.69, 9.17) is 9.72 Å². The number of nitrogens with one attached hydrogen (secondary N) is 3. The van der Waals surface area contributed by atoms with Gasteiger partial charge in [0.05, 0.1) is 35.4 Å². The number of imidazole rings is 1. The molecule has 4 heterocycles. The van der Waals surface area contributed by atoms with Crippen molar-refractivity contribution < 1.29 is 4.74 Å². The summed E-state index contributed by atoms with van der Waals surface area (Å²) in [5.74, 6) is 1.90. The van der Waals surface area contributed by atoms with E-state index in [1.807, 2.05) is 25.2 Å². The van der Waals surface area contributed by atoms with E-state index in [1.54, 1.807) is 36.4 Å². The molecule has 0 saturated heterocycles. The molecule has 4 aromatic heterocycles. The first-order valence-electron chi connectivity index (χ1n) is 10.6. The summed E-state index contributed by atoms with van der Waals surface area (Å²) in [5, 5.41) is 8.13. The second-order valence-electron chi connectivity index (χ2n) is 8.21. The number of hydrogen-bond donors (Lipinski definition) is 3. The molecule has 0 amide bonds. The number of aromatic amines is 2. The number of benzene rings is 1. The second kappa shape index (κ2) is 8.05. The predicted molar refractivity (Wildman–Crippen MR) is 126 cm³/mol. The van der Waals surface area contributed by atoms with Crippen LogP contribution in [0.3, 0.4) is 0 Å². The Morgan fingerprint density at radius 1 is 1.12 bits per heavy atom. The number of H-pyrrole nitrogens is 2. The quantitative estimate of drug-likeness (QED) is 0.366. The van der Waals surface area contributed by atoms with Crippen LogP contribution in [-0.2, 0) is 7.05 Å². The number of ether oxygens (including phenoxy) is 1. The molecule has 10 nitrogen and oxygen atoms in total.